The molecule has 25 heavy (non-hydrogen) atoms. The fourth-order valence-electron chi connectivity index (χ4n) is 2.86. The van der Waals surface area contributed by atoms with Crippen molar-refractivity contribution >= 4 is 17.6 Å². The number of nitrogens with zero attached hydrogens (tertiary/aromatic N) is 1. The predicted octanol–water partition coefficient (Wildman–Crippen LogP) is 3.69. The van der Waals surface area contributed by atoms with Gasteiger partial charge in [0.25, 0.3) is 5.91 Å². The summed E-state index contributed by atoms with van der Waals surface area (Å²) in [4.78, 5) is 24.7. The van der Waals surface area contributed by atoms with Crippen molar-refractivity contribution in [3.05, 3.63) is 59.7 Å². The van der Waals surface area contributed by atoms with Gasteiger partial charge < -0.3 is 14.7 Å². The second-order valence-corrected chi connectivity index (χ2v) is 6.29. The Labute approximate surface area is 146 Å². The first kappa shape index (κ1) is 17.0. The zero-order valence-corrected chi connectivity index (χ0v) is 14.1. The molecule has 0 bridgehead atoms. The first-order chi connectivity index (χ1) is 12.0. The highest BCUT2D eigenvalue weighted by molar-refractivity contribution is 6.05. The summed E-state index contributed by atoms with van der Waals surface area (Å²) in [7, 11) is 1.72. The lowest BCUT2D eigenvalue weighted by Crippen LogP contribution is -2.26. The van der Waals surface area contributed by atoms with Crippen molar-refractivity contribution < 1.29 is 19.4 Å². The van der Waals surface area contributed by atoms with Crippen LogP contribution in [0.1, 0.15) is 41.1 Å². The van der Waals surface area contributed by atoms with Crippen molar-refractivity contribution in [1.82, 2.24) is 0 Å². The molecule has 3 rings (SSSR count). The van der Waals surface area contributed by atoms with Gasteiger partial charge in [-0.1, -0.05) is 18.6 Å². The van der Waals surface area contributed by atoms with Crippen molar-refractivity contribution in [3.8, 4) is 5.75 Å². The van der Waals surface area contributed by atoms with E-state index >= 15 is 0 Å². The molecular formula is C20H21NO4. The lowest BCUT2D eigenvalue weighted by atomic mass is 9.80. The SMILES string of the molecule is CN(C(=O)c1ccc(C2CCC2)cc1)c1ccc(OCC(=O)O)cc1. The lowest BCUT2D eigenvalue weighted by molar-refractivity contribution is -0.139. The van der Waals surface area contributed by atoms with E-state index in [4.69, 9.17) is 9.84 Å². The summed E-state index contributed by atoms with van der Waals surface area (Å²) < 4.78 is 5.10. The Balaban J connectivity index is 1.65. The number of carbonyl (C=O) groups is 2. The zero-order valence-electron chi connectivity index (χ0n) is 14.1. The smallest absolute Gasteiger partial charge is 0.341 e. The fraction of sp³-hybridized carbons (Fsp3) is 0.300. The maximum Gasteiger partial charge on any atom is 0.341 e. The highest BCUT2D eigenvalue weighted by Gasteiger charge is 2.20. The van der Waals surface area contributed by atoms with Gasteiger partial charge in [0, 0.05) is 18.3 Å². The van der Waals surface area contributed by atoms with Crippen molar-refractivity contribution in [2.24, 2.45) is 0 Å². The third-order valence-corrected chi connectivity index (χ3v) is 4.63. The fourth-order valence-corrected chi connectivity index (χ4v) is 2.86. The van der Waals surface area contributed by atoms with Crippen LogP contribution in [0.2, 0.25) is 0 Å². The van der Waals surface area contributed by atoms with Gasteiger partial charge in [-0.2, -0.15) is 0 Å². The first-order valence-corrected chi connectivity index (χ1v) is 8.37. The van der Waals surface area contributed by atoms with Gasteiger partial charge in [0.05, 0.1) is 0 Å². The highest BCUT2D eigenvalue weighted by Crippen LogP contribution is 2.36. The summed E-state index contributed by atoms with van der Waals surface area (Å²) in [6, 6.07) is 14.6. The van der Waals surface area contributed by atoms with E-state index < -0.39 is 5.97 Å². The van der Waals surface area contributed by atoms with E-state index in [9.17, 15) is 9.59 Å². The largest absolute Gasteiger partial charge is 0.482 e. The number of hydrogen-bond acceptors (Lipinski definition) is 3. The van der Waals surface area contributed by atoms with Gasteiger partial charge in [-0.05, 0) is 60.7 Å². The molecule has 0 radical (unpaired) electrons. The Bertz CT molecular complexity index is 748. The molecule has 0 aromatic heterocycles. The molecule has 1 aliphatic rings. The quantitative estimate of drug-likeness (QED) is 0.871. The third kappa shape index (κ3) is 3.99. The monoisotopic (exact) mass is 339 g/mol. The molecule has 0 aliphatic heterocycles. The number of hydrogen-bond donors (Lipinski definition) is 1. The number of ether oxygens (including phenoxy) is 1. The van der Waals surface area contributed by atoms with E-state index in [1.807, 2.05) is 24.3 Å². The Kier molecular flexibility index (Phi) is 5.03. The molecule has 1 aliphatic carbocycles. The number of aliphatic carboxylic acids is 1. The number of rotatable bonds is 6. The van der Waals surface area contributed by atoms with E-state index in [1.165, 1.54) is 24.8 Å². The van der Waals surface area contributed by atoms with Crippen LogP contribution in [-0.4, -0.2) is 30.6 Å². The molecule has 2 aromatic rings. The molecule has 5 heteroatoms. The van der Waals surface area contributed by atoms with E-state index in [-0.39, 0.29) is 12.5 Å². The van der Waals surface area contributed by atoms with Gasteiger partial charge in [0.2, 0.25) is 0 Å². The van der Waals surface area contributed by atoms with Crippen molar-refractivity contribution in [1.29, 1.82) is 0 Å². The highest BCUT2D eigenvalue weighted by atomic mass is 16.5. The molecule has 0 atom stereocenters. The van der Waals surface area contributed by atoms with Gasteiger partial charge in [-0.15, -0.1) is 0 Å². The van der Waals surface area contributed by atoms with Crippen molar-refractivity contribution in [2.75, 3.05) is 18.6 Å². The van der Waals surface area contributed by atoms with Crippen LogP contribution in [0.5, 0.6) is 5.75 Å². The second-order valence-electron chi connectivity index (χ2n) is 6.29. The van der Waals surface area contributed by atoms with Crippen LogP contribution in [0, 0.1) is 0 Å². The molecule has 0 spiro atoms. The number of anilines is 1. The maximum atomic E-state index is 12.6. The van der Waals surface area contributed by atoms with Crippen LogP contribution in [0.3, 0.4) is 0 Å². The zero-order chi connectivity index (χ0) is 17.8. The van der Waals surface area contributed by atoms with Gasteiger partial charge >= 0.3 is 5.97 Å². The average Bonchev–Trinajstić information content (AvgIpc) is 2.58. The Morgan fingerprint density at radius 3 is 2.24 bits per heavy atom. The van der Waals surface area contributed by atoms with Crippen molar-refractivity contribution in [2.45, 2.75) is 25.2 Å². The summed E-state index contributed by atoms with van der Waals surface area (Å²) in [6.45, 7) is -0.387. The van der Waals surface area contributed by atoms with E-state index in [0.717, 1.165) is 5.69 Å². The number of benzene rings is 2. The summed E-state index contributed by atoms with van der Waals surface area (Å²) in [5.74, 6) is -0.00170. The van der Waals surface area contributed by atoms with Crippen LogP contribution in [0.4, 0.5) is 5.69 Å². The summed E-state index contributed by atoms with van der Waals surface area (Å²) in [6.07, 6.45) is 3.77. The van der Waals surface area contributed by atoms with Gasteiger partial charge in [0.15, 0.2) is 6.61 Å². The van der Waals surface area contributed by atoms with Crippen LogP contribution >= 0.6 is 0 Å². The minimum absolute atomic E-state index is 0.0839. The number of amides is 1. The molecule has 1 saturated carbocycles. The Morgan fingerprint density at radius 2 is 1.72 bits per heavy atom. The molecule has 1 fully saturated rings. The molecule has 1 amide bonds. The van der Waals surface area contributed by atoms with Crippen LogP contribution in [-0.2, 0) is 4.79 Å². The van der Waals surface area contributed by atoms with E-state index in [2.05, 4.69) is 0 Å². The Morgan fingerprint density at radius 1 is 1.08 bits per heavy atom. The number of carbonyl (C=O) groups excluding carboxylic acids is 1. The molecule has 0 unspecified atom stereocenters. The molecule has 2 aromatic carbocycles. The number of carboxylic acid groups (broad SMARTS) is 1. The maximum absolute atomic E-state index is 12.6. The van der Waals surface area contributed by atoms with Gasteiger partial charge in [-0.25, -0.2) is 4.79 Å². The topological polar surface area (TPSA) is 66.8 Å². The molecule has 0 heterocycles. The lowest BCUT2D eigenvalue weighted by Gasteiger charge is -2.26. The minimum atomic E-state index is -1.03. The van der Waals surface area contributed by atoms with Gasteiger partial charge in [0.1, 0.15) is 5.75 Å². The minimum Gasteiger partial charge on any atom is -0.482 e. The number of carboxylic acids is 1. The molecule has 1 N–H and O–H groups in total. The standard InChI is InChI=1S/C20H21NO4/c1-21(17-9-11-18(12-10-17)25-13-19(22)23)20(24)16-7-5-15(6-8-16)14-3-2-4-14/h5-12,14H,2-4,13H2,1H3,(H,22,23). The van der Waals surface area contributed by atoms with Crippen LogP contribution in [0.25, 0.3) is 0 Å². The Hall–Kier alpha value is -2.82. The molecule has 0 saturated heterocycles. The summed E-state index contributed by atoms with van der Waals surface area (Å²) >= 11 is 0. The summed E-state index contributed by atoms with van der Waals surface area (Å²) in [5.41, 5.74) is 2.68. The van der Waals surface area contributed by atoms with Crippen LogP contribution in [0.15, 0.2) is 48.5 Å². The van der Waals surface area contributed by atoms with Gasteiger partial charge in [-0.3, -0.25) is 4.79 Å². The first-order valence-electron chi connectivity index (χ1n) is 8.37. The van der Waals surface area contributed by atoms with E-state index in [1.54, 1.807) is 36.2 Å². The van der Waals surface area contributed by atoms with Crippen LogP contribution < -0.4 is 9.64 Å². The van der Waals surface area contributed by atoms with Crippen molar-refractivity contribution in [3.63, 3.8) is 0 Å². The predicted molar refractivity (Wildman–Crippen MR) is 95.3 cm³/mol. The molecule has 130 valence electrons. The third-order valence-electron chi connectivity index (χ3n) is 4.63. The van der Waals surface area contributed by atoms with E-state index in [0.29, 0.717) is 17.2 Å². The second kappa shape index (κ2) is 7.38. The summed E-state index contributed by atoms with van der Waals surface area (Å²) in [5, 5.41) is 8.61. The average molecular weight is 339 g/mol. The molecular weight excluding hydrogens is 318 g/mol. The normalized spacial score (nSPS) is 13.8. The molecule has 5 nitrogen and oxygen atoms in total.